The molecule has 12 rings (SSSR count). The molecule has 2 heterocycles. The molecule has 0 amide bonds. The molecule has 0 saturated heterocycles. The number of benzene rings is 10. The van der Waals surface area contributed by atoms with Crippen molar-refractivity contribution in [2.45, 2.75) is 0 Å². The Kier molecular flexibility index (Phi) is 9.06. The molecule has 0 fully saturated rings. The fraction of sp³-hybridized carbons (Fsp3) is 0. The lowest BCUT2D eigenvalue weighted by Crippen LogP contribution is -2.12. The smallest absolute Gasteiger partial charge is 0.0546 e. The van der Waals surface area contributed by atoms with Gasteiger partial charge in [-0.3, -0.25) is 0 Å². The van der Waals surface area contributed by atoms with Crippen LogP contribution in [0.1, 0.15) is 0 Å². The summed E-state index contributed by atoms with van der Waals surface area (Å²) in [4.78, 5) is 2.46. The number of rotatable bonds is 8. The lowest BCUT2D eigenvalue weighted by atomic mass is 9.87. The molecule has 3 heteroatoms. The van der Waals surface area contributed by atoms with Crippen molar-refractivity contribution in [1.29, 1.82) is 0 Å². The summed E-state index contributed by atoms with van der Waals surface area (Å²) in [5, 5.41) is 5.12. The van der Waals surface area contributed by atoms with E-state index in [1.807, 2.05) is 11.3 Å². The van der Waals surface area contributed by atoms with Crippen molar-refractivity contribution in [3.05, 3.63) is 243 Å². The Hall–Kier alpha value is -7.98. The highest BCUT2D eigenvalue weighted by Crippen LogP contribution is 2.49. The number of hydrogen-bond acceptors (Lipinski definition) is 2. The predicted octanol–water partition coefficient (Wildman–Crippen LogP) is 17.3. The van der Waals surface area contributed by atoms with Crippen molar-refractivity contribution in [1.82, 2.24) is 4.57 Å². The molecule has 0 unspecified atom stereocenters. The van der Waals surface area contributed by atoms with Gasteiger partial charge in [0.2, 0.25) is 0 Å². The topological polar surface area (TPSA) is 8.17 Å². The number of fused-ring (bicyclic) bond motifs is 6. The molecule has 296 valence electrons. The highest BCUT2D eigenvalue weighted by Gasteiger charge is 2.23. The van der Waals surface area contributed by atoms with Gasteiger partial charge in [-0.25, -0.2) is 0 Å². The Labute approximate surface area is 370 Å². The van der Waals surface area contributed by atoms with Gasteiger partial charge in [0.05, 0.1) is 16.7 Å². The fourth-order valence-electron chi connectivity index (χ4n) is 9.53. The first-order chi connectivity index (χ1) is 31.3. The predicted molar refractivity (Wildman–Crippen MR) is 270 cm³/mol. The summed E-state index contributed by atoms with van der Waals surface area (Å²) >= 11 is 1.86. The Morgan fingerprint density at radius 2 is 0.825 bits per heavy atom. The van der Waals surface area contributed by atoms with Crippen LogP contribution in [0.2, 0.25) is 0 Å². The minimum absolute atomic E-state index is 1.09. The van der Waals surface area contributed by atoms with E-state index in [9.17, 15) is 0 Å². The Bertz CT molecular complexity index is 3550. The third kappa shape index (κ3) is 6.41. The van der Waals surface area contributed by atoms with E-state index in [2.05, 4.69) is 252 Å². The molecule has 12 aromatic rings. The molecule has 0 radical (unpaired) electrons. The van der Waals surface area contributed by atoms with Gasteiger partial charge in [-0.2, -0.15) is 0 Å². The first-order valence-corrected chi connectivity index (χ1v) is 22.3. The molecule has 0 spiro atoms. The van der Waals surface area contributed by atoms with Crippen molar-refractivity contribution in [3.63, 3.8) is 0 Å². The Morgan fingerprint density at radius 1 is 0.317 bits per heavy atom. The summed E-state index contributed by atoms with van der Waals surface area (Å²) in [5.41, 5.74) is 16.4. The maximum atomic E-state index is 2.46. The van der Waals surface area contributed by atoms with Crippen molar-refractivity contribution in [2.24, 2.45) is 0 Å². The first-order valence-electron chi connectivity index (χ1n) is 21.5. The molecule has 0 atom stereocenters. The highest BCUT2D eigenvalue weighted by atomic mass is 32.1. The average Bonchev–Trinajstić information content (AvgIpc) is 3.90. The van der Waals surface area contributed by atoms with Crippen LogP contribution in [-0.4, -0.2) is 4.57 Å². The molecule has 0 saturated carbocycles. The molecule has 2 nitrogen and oxygen atoms in total. The normalized spacial score (nSPS) is 11.5. The maximum Gasteiger partial charge on any atom is 0.0546 e. The van der Waals surface area contributed by atoms with Gasteiger partial charge in [0.25, 0.3) is 0 Å². The molecule has 0 aliphatic carbocycles. The molecule has 63 heavy (non-hydrogen) atoms. The molecule has 0 aliphatic rings. The zero-order valence-electron chi connectivity index (χ0n) is 34.4. The minimum Gasteiger partial charge on any atom is -0.310 e. The van der Waals surface area contributed by atoms with Crippen LogP contribution < -0.4 is 4.90 Å². The van der Waals surface area contributed by atoms with Gasteiger partial charge in [-0.05, 0) is 99.6 Å². The van der Waals surface area contributed by atoms with E-state index in [4.69, 9.17) is 0 Å². The van der Waals surface area contributed by atoms with Gasteiger partial charge in [-0.1, -0.05) is 182 Å². The van der Waals surface area contributed by atoms with E-state index < -0.39 is 0 Å². The Balaban J connectivity index is 1.02. The third-order valence-corrected chi connectivity index (χ3v) is 13.6. The fourth-order valence-corrected chi connectivity index (χ4v) is 10.7. The molecule has 10 aromatic carbocycles. The summed E-state index contributed by atoms with van der Waals surface area (Å²) in [7, 11) is 0. The van der Waals surface area contributed by atoms with Gasteiger partial charge in [0, 0.05) is 53.6 Å². The van der Waals surface area contributed by atoms with Crippen LogP contribution in [0.3, 0.4) is 0 Å². The summed E-state index contributed by atoms with van der Waals surface area (Å²) < 4.78 is 4.94. The highest BCUT2D eigenvalue weighted by molar-refractivity contribution is 7.25. The van der Waals surface area contributed by atoms with Gasteiger partial charge in [0.1, 0.15) is 0 Å². The number of nitrogens with zero attached hydrogens (tertiary/aromatic N) is 2. The summed E-state index contributed by atoms with van der Waals surface area (Å²) in [6.45, 7) is 0. The summed E-state index contributed by atoms with van der Waals surface area (Å²) in [5.74, 6) is 0. The summed E-state index contributed by atoms with van der Waals surface area (Å²) in [6, 6.07) is 88.4. The van der Waals surface area contributed by atoms with Gasteiger partial charge < -0.3 is 9.47 Å². The second kappa shape index (κ2) is 15.5. The largest absolute Gasteiger partial charge is 0.310 e. The molecular weight excluding hydrogens is 781 g/mol. The van der Waals surface area contributed by atoms with Crippen molar-refractivity contribution in [2.75, 3.05) is 4.90 Å². The van der Waals surface area contributed by atoms with E-state index >= 15 is 0 Å². The van der Waals surface area contributed by atoms with Crippen LogP contribution >= 0.6 is 11.3 Å². The monoisotopic (exact) mass is 820 g/mol. The van der Waals surface area contributed by atoms with Crippen molar-refractivity contribution in [3.8, 4) is 50.2 Å². The number of hydrogen-bond donors (Lipinski definition) is 0. The van der Waals surface area contributed by atoms with Gasteiger partial charge in [0.15, 0.2) is 0 Å². The van der Waals surface area contributed by atoms with E-state index in [-0.39, 0.29) is 0 Å². The molecule has 2 aromatic heterocycles. The van der Waals surface area contributed by atoms with Crippen molar-refractivity contribution < 1.29 is 0 Å². The van der Waals surface area contributed by atoms with Crippen molar-refractivity contribution >= 4 is 70.4 Å². The van der Waals surface area contributed by atoms with E-state index in [1.165, 1.54) is 86.5 Å². The molecule has 0 bridgehead atoms. The first kappa shape index (κ1) is 36.8. The zero-order valence-corrected chi connectivity index (χ0v) is 35.2. The minimum atomic E-state index is 1.09. The summed E-state index contributed by atoms with van der Waals surface area (Å²) in [6.07, 6.45) is 0. The second-order valence-corrected chi connectivity index (χ2v) is 17.1. The van der Waals surface area contributed by atoms with E-state index in [0.29, 0.717) is 0 Å². The number of anilines is 3. The average molecular weight is 821 g/mol. The van der Waals surface area contributed by atoms with E-state index in [0.717, 1.165) is 22.7 Å². The standard InChI is InChI=1S/C60H40N2S/c1-3-16-43(17-4-1)48-20-7-8-24-54(48)60-49(44-18-5-2-6-19-44)25-15-28-57(60)61(47-38-39-53-52-23-11-14-29-58(52)63-59(53)40-47)45-34-30-41(31-35-45)42-32-36-46(37-33-42)62-55-26-12-9-21-50(55)51-22-10-13-27-56(51)62/h1-40H. The molecule has 0 N–H and O–H groups in total. The van der Waals surface area contributed by atoms with Crippen LogP contribution in [-0.2, 0) is 0 Å². The van der Waals surface area contributed by atoms with Crippen LogP contribution in [0.25, 0.3) is 92.2 Å². The molecule has 0 aliphatic heterocycles. The Morgan fingerprint density at radius 3 is 1.51 bits per heavy atom. The maximum absolute atomic E-state index is 2.46. The van der Waals surface area contributed by atoms with Crippen LogP contribution in [0.15, 0.2) is 243 Å². The lowest BCUT2D eigenvalue weighted by molar-refractivity contribution is 1.18. The zero-order chi connectivity index (χ0) is 41.7. The number of para-hydroxylation sites is 2. The van der Waals surface area contributed by atoms with Gasteiger partial charge in [-0.15, -0.1) is 11.3 Å². The number of aromatic nitrogens is 1. The quantitative estimate of drug-likeness (QED) is 0.148. The number of thiophene rings is 1. The third-order valence-electron chi connectivity index (χ3n) is 12.4. The lowest BCUT2D eigenvalue weighted by Gasteiger charge is -2.30. The molecular formula is C60H40N2S. The second-order valence-electron chi connectivity index (χ2n) is 16.1. The SMILES string of the molecule is c1ccc(-c2ccccc2-c2c(-c3ccccc3)cccc2N(c2ccc(-c3ccc(-n4c5ccccc5c5ccccc54)cc3)cc2)c2ccc3c(c2)sc2ccccc23)cc1. The van der Waals surface area contributed by atoms with E-state index in [1.54, 1.807) is 0 Å². The van der Waals surface area contributed by atoms with Crippen LogP contribution in [0.5, 0.6) is 0 Å². The van der Waals surface area contributed by atoms with Crippen LogP contribution in [0, 0.1) is 0 Å². The van der Waals surface area contributed by atoms with Gasteiger partial charge >= 0.3 is 0 Å². The van der Waals surface area contributed by atoms with Crippen LogP contribution in [0.4, 0.5) is 17.1 Å².